The lowest BCUT2D eigenvalue weighted by Crippen LogP contribution is -2.12. The number of methoxy groups -OCH3 is 2. The van der Waals surface area contributed by atoms with Gasteiger partial charge in [-0.2, -0.15) is 4.98 Å². The minimum absolute atomic E-state index is 0.264. The predicted molar refractivity (Wildman–Crippen MR) is 92.0 cm³/mol. The number of anilines is 1. The van der Waals surface area contributed by atoms with Gasteiger partial charge in [-0.25, -0.2) is 0 Å². The standard InChI is InChI=1S/C18H17N3O4/c1-11-19-18(25-21-11)13-6-4-12(5-7-13)17(22)20-15-10-14(23-2)8-9-16(15)24-3/h4-10H,1-3H3,(H,20,22). The summed E-state index contributed by atoms with van der Waals surface area (Å²) >= 11 is 0. The van der Waals surface area contributed by atoms with Crippen LogP contribution in [0.1, 0.15) is 16.2 Å². The molecule has 25 heavy (non-hydrogen) atoms. The number of ether oxygens (including phenoxy) is 2. The Hall–Kier alpha value is -3.35. The van der Waals surface area contributed by atoms with Gasteiger partial charge in [0.2, 0.25) is 0 Å². The van der Waals surface area contributed by atoms with E-state index in [1.165, 1.54) is 0 Å². The third-order valence-corrected chi connectivity index (χ3v) is 3.58. The van der Waals surface area contributed by atoms with E-state index in [2.05, 4.69) is 15.5 Å². The number of benzene rings is 2. The minimum atomic E-state index is -0.264. The lowest BCUT2D eigenvalue weighted by Gasteiger charge is -2.11. The molecule has 0 bridgehead atoms. The van der Waals surface area contributed by atoms with Crippen molar-refractivity contribution < 1.29 is 18.8 Å². The zero-order chi connectivity index (χ0) is 17.8. The molecule has 1 aromatic heterocycles. The quantitative estimate of drug-likeness (QED) is 0.767. The first kappa shape index (κ1) is 16.5. The first-order valence-corrected chi connectivity index (χ1v) is 7.55. The molecule has 7 nitrogen and oxygen atoms in total. The third kappa shape index (κ3) is 3.60. The van der Waals surface area contributed by atoms with Gasteiger partial charge in [0.1, 0.15) is 11.5 Å². The Kier molecular flexibility index (Phi) is 4.65. The fourth-order valence-corrected chi connectivity index (χ4v) is 2.28. The van der Waals surface area contributed by atoms with E-state index in [4.69, 9.17) is 14.0 Å². The largest absolute Gasteiger partial charge is 0.497 e. The zero-order valence-corrected chi connectivity index (χ0v) is 14.1. The van der Waals surface area contributed by atoms with E-state index in [0.29, 0.717) is 34.5 Å². The topological polar surface area (TPSA) is 86.5 Å². The Bertz CT molecular complexity index is 888. The van der Waals surface area contributed by atoms with Crippen molar-refractivity contribution in [3.05, 3.63) is 53.9 Å². The molecule has 0 aliphatic carbocycles. The molecular weight excluding hydrogens is 322 g/mol. The molecule has 0 saturated heterocycles. The number of amides is 1. The Balaban J connectivity index is 1.80. The van der Waals surface area contributed by atoms with E-state index in [1.807, 2.05) is 0 Å². The summed E-state index contributed by atoms with van der Waals surface area (Å²) in [5.74, 6) is 1.88. The third-order valence-electron chi connectivity index (χ3n) is 3.58. The maximum Gasteiger partial charge on any atom is 0.257 e. The average molecular weight is 339 g/mol. The first-order chi connectivity index (χ1) is 12.1. The molecule has 0 spiro atoms. The second-order valence-electron chi connectivity index (χ2n) is 5.24. The van der Waals surface area contributed by atoms with Crippen molar-refractivity contribution in [1.29, 1.82) is 0 Å². The molecule has 0 unspecified atom stereocenters. The summed E-state index contributed by atoms with van der Waals surface area (Å²) in [5, 5.41) is 6.57. The highest BCUT2D eigenvalue weighted by Gasteiger charge is 2.12. The van der Waals surface area contributed by atoms with E-state index in [-0.39, 0.29) is 5.91 Å². The SMILES string of the molecule is COc1ccc(OC)c(NC(=O)c2ccc(-c3nc(C)no3)cc2)c1. The van der Waals surface area contributed by atoms with Crippen LogP contribution in [-0.2, 0) is 0 Å². The van der Waals surface area contributed by atoms with Gasteiger partial charge in [-0.15, -0.1) is 0 Å². The number of nitrogens with one attached hydrogen (secondary N) is 1. The van der Waals surface area contributed by atoms with Crippen LogP contribution in [0.3, 0.4) is 0 Å². The summed E-state index contributed by atoms with van der Waals surface area (Å²) in [6, 6.07) is 12.1. The maximum atomic E-state index is 12.5. The van der Waals surface area contributed by atoms with E-state index < -0.39 is 0 Å². The number of hydrogen-bond acceptors (Lipinski definition) is 6. The van der Waals surface area contributed by atoms with Gasteiger partial charge < -0.3 is 19.3 Å². The van der Waals surface area contributed by atoms with Crippen molar-refractivity contribution in [2.45, 2.75) is 6.92 Å². The van der Waals surface area contributed by atoms with Crippen LogP contribution in [0.2, 0.25) is 0 Å². The molecule has 7 heteroatoms. The maximum absolute atomic E-state index is 12.5. The summed E-state index contributed by atoms with van der Waals surface area (Å²) in [4.78, 5) is 16.6. The molecule has 1 heterocycles. The van der Waals surface area contributed by atoms with Gasteiger partial charge in [0.05, 0.1) is 19.9 Å². The highest BCUT2D eigenvalue weighted by atomic mass is 16.5. The minimum Gasteiger partial charge on any atom is -0.497 e. The monoisotopic (exact) mass is 339 g/mol. The normalized spacial score (nSPS) is 10.4. The van der Waals surface area contributed by atoms with Crippen LogP contribution in [-0.4, -0.2) is 30.3 Å². The molecular formula is C18H17N3O4. The van der Waals surface area contributed by atoms with Gasteiger partial charge >= 0.3 is 0 Å². The number of aryl methyl sites for hydroxylation is 1. The lowest BCUT2D eigenvalue weighted by molar-refractivity contribution is 0.102. The first-order valence-electron chi connectivity index (χ1n) is 7.55. The molecule has 1 N–H and O–H groups in total. The fourth-order valence-electron chi connectivity index (χ4n) is 2.28. The Morgan fingerprint density at radius 3 is 2.44 bits per heavy atom. The Morgan fingerprint density at radius 1 is 1.08 bits per heavy atom. The molecule has 0 radical (unpaired) electrons. The molecule has 0 fully saturated rings. The lowest BCUT2D eigenvalue weighted by atomic mass is 10.1. The number of nitrogens with zero attached hydrogens (tertiary/aromatic N) is 2. The van der Waals surface area contributed by atoms with Crippen molar-refractivity contribution in [2.75, 3.05) is 19.5 Å². The molecule has 0 aliphatic heterocycles. The van der Waals surface area contributed by atoms with Crippen LogP contribution in [0, 0.1) is 6.92 Å². The summed E-state index contributed by atoms with van der Waals surface area (Å²) in [5.41, 5.74) is 1.77. The van der Waals surface area contributed by atoms with E-state index in [0.717, 1.165) is 5.56 Å². The molecule has 128 valence electrons. The van der Waals surface area contributed by atoms with Crippen LogP contribution in [0.25, 0.3) is 11.5 Å². The Morgan fingerprint density at radius 2 is 1.84 bits per heavy atom. The smallest absolute Gasteiger partial charge is 0.257 e. The summed E-state index contributed by atoms with van der Waals surface area (Å²) in [6.45, 7) is 1.75. The van der Waals surface area contributed by atoms with Gasteiger partial charge in [0, 0.05) is 17.2 Å². The summed E-state index contributed by atoms with van der Waals surface area (Å²) in [6.07, 6.45) is 0. The summed E-state index contributed by atoms with van der Waals surface area (Å²) in [7, 11) is 3.10. The van der Waals surface area contributed by atoms with Crippen molar-refractivity contribution in [3.8, 4) is 23.0 Å². The van der Waals surface area contributed by atoms with Gasteiger partial charge in [0.25, 0.3) is 11.8 Å². The van der Waals surface area contributed by atoms with Crippen molar-refractivity contribution in [3.63, 3.8) is 0 Å². The predicted octanol–water partition coefficient (Wildman–Crippen LogP) is 3.31. The molecule has 3 rings (SSSR count). The van der Waals surface area contributed by atoms with Crippen LogP contribution in [0.5, 0.6) is 11.5 Å². The molecule has 3 aromatic rings. The molecule has 0 atom stereocenters. The number of hydrogen-bond donors (Lipinski definition) is 1. The van der Waals surface area contributed by atoms with Gasteiger partial charge in [-0.3, -0.25) is 4.79 Å². The van der Waals surface area contributed by atoms with Gasteiger partial charge in [0.15, 0.2) is 5.82 Å². The highest BCUT2D eigenvalue weighted by Crippen LogP contribution is 2.29. The van der Waals surface area contributed by atoms with Crippen molar-refractivity contribution in [2.24, 2.45) is 0 Å². The number of aromatic nitrogens is 2. The fraction of sp³-hybridized carbons (Fsp3) is 0.167. The number of carbonyl (C=O) groups excluding carboxylic acids is 1. The molecule has 0 aliphatic rings. The number of carbonyl (C=O) groups is 1. The van der Waals surface area contributed by atoms with Gasteiger partial charge in [-0.05, 0) is 43.3 Å². The zero-order valence-electron chi connectivity index (χ0n) is 14.1. The van der Waals surface area contributed by atoms with Crippen LogP contribution in [0.4, 0.5) is 5.69 Å². The van der Waals surface area contributed by atoms with Crippen LogP contribution in [0.15, 0.2) is 47.0 Å². The number of rotatable bonds is 5. The van der Waals surface area contributed by atoms with E-state index in [9.17, 15) is 4.79 Å². The molecule has 1 amide bonds. The van der Waals surface area contributed by atoms with E-state index >= 15 is 0 Å². The Labute approximate surface area is 144 Å². The molecule has 0 saturated carbocycles. The highest BCUT2D eigenvalue weighted by molar-refractivity contribution is 6.05. The van der Waals surface area contributed by atoms with Crippen LogP contribution >= 0.6 is 0 Å². The van der Waals surface area contributed by atoms with Crippen LogP contribution < -0.4 is 14.8 Å². The second kappa shape index (κ2) is 7.04. The van der Waals surface area contributed by atoms with Crippen molar-refractivity contribution >= 4 is 11.6 Å². The van der Waals surface area contributed by atoms with Crippen molar-refractivity contribution in [1.82, 2.24) is 10.1 Å². The average Bonchev–Trinajstić information content (AvgIpc) is 3.08. The van der Waals surface area contributed by atoms with E-state index in [1.54, 1.807) is 63.6 Å². The molecule has 2 aromatic carbocycles. The van der Waals surface area contributed by atoms with Gasteiger partial charge in [-0.1, -0.05) is 5.16 Å². The second-order valence-corrected chi connectivity index (χ2v) is 5.24. The summed E-state index contributed by atoms with van der Waals surface area (Å²) < 4.78 is 15.6.